The molecule has 87 heavy (non-hydrogen) atoms. The predicted molar refractivity (Wildman–Crippen MR) is 369 cm³/mol. The van der Waals surface area contributed by atoms with Crippen molar-refractivity contribution >= 4 is 57.2 Å². The van der Waals surface area contributed by atoms with E-state index in [-0.39, 0.29) is 6.71 Å². The van der Waals surface area contributed by atoms with Gasteiger partial charge in [0.2, 0.25) is 0 Å². The fourth-order valence-corrected chi connectivity index (χ4v) is 13.8. The van der Waals surface area contributed by atoms with Gasteiger partial charge >= 0.3 is 0 Å². The van der Waals surface area contributed by atoms with Gasteiger partial charge in [0.1, 0.15) is 0 Å². The van der Waals surface area contributed by atoms with Crippen LogP contribution in [0.25, 0.3) is 100 Å². The molecule has 0 spiro atoms. The van der Waals surface area contributed by atoms with Crippen LogP contribution in [-0.4, -0.2) is 6.71 Å². The molecule has 406 valence electrons. The fourth-order valence-electron chi connectivity index (χ4n) is 13.8. The smallest absolute Gasteiger partial charge is 0.252 e. The van der Waals surface area contributed by atoms with Crippen molar-refractivity contribution in [1.82, 2.24) is 0 Å². The Bertz CT molecular complexity index is 4580. The highest BCUT2D eigenvalue weighted by atomic mass is 15.2. The van der Waals surface area contributed by atoms with E-state index in [2.05, 4.69) is 356 Å². The molecule has 0 aromatic heterocycles. The lowest BCUT2D eigenvalue weighted by Gasteiger charge is -2.45. The Morgan fingerprint density at radius 1 is 0.161 bits per heavy atom. The molecule has 2 nitrogen and oxygen atoms in total. The molecule has 0 bridgehead atoms. The molecule has 0 atom stereocenters. The van der Waals surface area contributed by atoms with Crippen LogP contribution in [0.3, 0.4) is 0 Å². The second-order valence-electron chi connectivity index (χ2n) is 22.6. The molecule has 0 amide bonds. The van der Waals surface area contributed by atoms with Crippen molar-refractivity contribution in [2.45, 2.75) is 0 Å². The third-order valence-electron chi connectivity index (χ3n) is 17.7. The van der Waals surface area contributed by atoms with E-state index in [1.54, 1.807) is 0 Å². The highest BCUT2D eigenvalue weighted by Gasteiger charge is 2.45. The molecule has 14 aromatic carbocycles. The van der Waals surface area contributed by atoms with E-state index < -0.39 is 0 Å². The van der Waals surface area contributed by atoms with Crippen LogP contribution in [0.5, 0.6) is 0 Å². The van der Waals surface area contributed by atoms with E-state index in [0.717, 1.165) is 67.5 Å². The lowest BCUT2D eigenvalue weighted by Crippen LogP contribution is -2.61. The summed E-state index contributed by atoms with van der Waals surface area (Å²) < 4.78 is 0. The van der Waals surface area contributed by atoms with Gasteiger partial charge in [0.25, 0.3) is 6.71 Å². The van der Waals surface area contributed by atoms with Crippen LogP contribution in [0, 0.1) is 0 Å². The summed E-state index contributed by atoms with van der Waals surface area (Å²) in [6, 6.07) is 128. The van der Waals surface area contributed by atoms with Crippen molar-refractivity contribution < 1.29 is 0 Å². The van der Waals surface area contributed by atoms with Gasteiger partial charge in [0.15, 0.2) is 0 Å². The Morgan fingerprint density at radius 2 is 0.425 bits per heavy atom. The maximum atomic E-state index is 2.60. The Kier molecular flexibility index (Phi) is 13.0. The number of para-hydroxylation sites is 2. The molecule has 2 heterocycles. The summed E-state index contributed by atoms with van der Waals surface area (Å²) in [7, 11) is 0. The van der Waals surface area contributed by atoms with Gasteiger partial charge in [0.05, 0.1) is 11.4 Å². The van der Waals surface area contributed by atoms with E-state index in [4.69, 9.17) is 0 Å². The normalized spacial score (nSPS) is 12.1. The summed E-state index contributed by atoms with van der Waals surface area (Å²) in [6.07, 6.45) is 0. The molecule has 2 aliphatic heterocycles. The molecular weight excluding hydrogens is 1050 g/mol. The third-order valence-corrected chi connectivity index (χ3v) is 17.7. The second kappa shape index (κ2) is 22.1. The summed E-state index contributed by atoms with van der Waals surface area (Å²) in [5.74, 6) is 0. The monoisotopic (exact) mass is 1100 g/mol. The SMILES string of the molecule is c1ccc(-c2ccc3c(c2)B2c4cc(-c5ccccc5)ccc4N(c4ccccc4-c4ccccc4-c4ccccc4-c4ccccc4)c4cc(-c5ccccc5)cc(c42)N3c2ccccc2-c2ccccc2-c2ccccc2-c2ccccc2)cc1. The molecule has 0 saturated carbocycles. The third kappa shape index (κ3) is 9.08. The Morgan fingerprint density at radius 3 is 0.782 bits per heavy atom. The number of rotatable bonds is 11. The summed E-state index contributed by atoms with van der Waals surface area (Å²) in [5, 5.41) is 0. The lowest BCUT2D eigenvalue weighted by molar-refractivity contribution is 1.25. The number of hydrogen-bond acceptors (Lipinski definition) is 2. The largest absolute Gasteiger partial charge is 0.311 e. The van der Waals surface area contributed by atoms with Crippen LogP contribution in [0.15, 0.2) is 346 Å². The van der Waals surface area contributed by atoms with Gasteiger partial charge in [-0.3, -0.25) is 0 Å². The van der Waals surface area contributed by atoms with Crippen LogP contribution in [0.1, 0.15) is 0 Å². The molecule has 0 radical (unpaired) electrons. The maximum absolute atomic E-state index is 2.60. The minimum absolute atomic E-state index is 0.168. The summed E-state index contributed by atoms with van der Waals surface area (Å²) >= 11 is 0. The molecule has 0 aliphatic carbocycles. The van der Waals surface area contributed by atoms with E-state index in [1.807, 2.05) is 0 Å². The number of fused-ring (bicyclic) bond motifs is 4. The predicted octanol–water partition coefficient (Wildman–Crippen LogP) is 20.8. The average Bonchev–Trinajstić information content (AvgIpc) is 0.720. The van der Waals surface area contributed by atoms with Crippen LogP contribution in [0.2, 0.25) is 0 Å². The maximum Gasteiger partial charge on any atom is 0.252 e. The van der Waals surface area contributed by atoms with Crippen molar-refractivity contribution in [2.75, 3.05) is 9.80 Å². The summed E-state index contributed by atoms with van der Waals surface area (Å²) in [6.45, 7) is -0.168. The van der Waals surface area contributed by atoms with Gasteiger partial charge in [-0.25, -0.2) is 0 Å². The van der Waals surface area contributed by atoms with Crippen molar-refractivity contribution in [3.05, 3.63) is 346 Å². The molecule has 0 fully saturated rings. The Balaban J connectivity index is 0.994. The molecule has 14 aromatic rings. The first-order valence-electron chi connectivity index (χ1n) is 30.1. The Labute approximate surface area is 510 Å². The first-order valence-corrected chi connectivity index (χ1v) is 30.1. The van der Waals surface area contributed by atoms with Crippen molar-refractivity contribution in [2.24, 2.45) is 0 Å². The van der Waals surface area contributed by atoms with Gasteiger partial charge in [-0.2, -0.15) is 0 Å². The van der Waals surface area contributed by atoms with E-state index in [1.165, 1.54) is 83.1 Å². The molecule has 3 heteroatoms. The second-order valence-corrected chi connectivity index (χ2v) is 22.6. The van der Waals surface area contributed by atoms with Crippen molar-refractivity contribution in [3.63, 3.8) is 0 Å². The van der Waals surface area contributed by atoms with Crippen LogP contribution in [-0.2, 0) is 0 Å². The lowest BCUT2D eigenvalue weighted by atomic mass is 9.33. The highest BCUT2D eigenvalue weighted by Crippen LogP contribution is 2.52. The molecule has 16 rings (SSSR count). The quantitative estimate of drug-likeness (QED) is 0.119. The van der Waals surface area contributed by atoms with Gasteiger partial charge in [-0.1, -0.05) is 309 Å². The minimum atomic E-state index is -0.168. The van der Waals surface area contributed by atoms with Crippen LogP contribution < -0.4 is 26.2 Å². The first-order chi connectivity index (χ1) is 43.2. The number of benzene rings is 14. The Hall–Kier alpha value is -11.3. The first kappa shape index (κ1) is 51.4. The zero-order valence-corrected chi connectivity index (χ0v) is 47.9. The molecular formula is C84H57BN2. The number of nitrogens with zero attached hydrogens (tertiary/aromatic N) is 2. The van der Waals surface area contributed by atoms with Gasteiger partial charge in [-0.15, -0.1) is 0 Å². The van der Waals surface area contributed by atoms with Crippen molar-refractivity contribution in [3.8, 4) is 100 Å². The molecule has 0 saturated heterocycles. The van der Waals surface area contributed by atoms with E-state index in [0.29, 0.717) is 0 Å². The highest BCUT2D eigenvalue weighted by molar-refractivity contribution is 7.00. The molecule has 0 unspecified atom stereocenters. The zero-order valence-electron chi connectivity index (χ0n) is 47.9. The number of anilines is 6. The van der Waals surface area contributed by atoms with E-state index in [9.17, 15) is 0 Å². The van der Waals surface area contributed by atoms with Crippen molar-refractivity contribution in [1.29, 1.82) is 0 Å². The summed E-state index contributed by atoms with van der Waals surface area (Å²) in [5.41, 5.74) is 31.6. The topological polar surface area (TPSA) is 6.48 Å². The zero-order chi connectivity index (χ0) is 57.6. The fraction of sp³-hybridized carbons (Fsp3) is 0. The number of hydrogen-bond donors (Lipinski definition) is 0. The van der Waals surface area contributed by atoms with E-state index >= 15 is 0 Å². The summed E-state index contributed by atoms with van der Waals surface area (Å²) in [4.78, 5) is 5.21. The van der Waals surface area contributed by atoms with Crippen LogP contribution in [0.4, 0.5) is 34.1 Å². The average molecular weight is 1110 g/mol. The van der Waals surface area contributed by atoms with Gasteiger partial charge in [-0.05, 0) is 142 Å². The molecule has 0 N–H and O–H groups in total. The van der Waals surface area contributed by atoms with Crippen LogP contribution >= 0.6 is 0 Å². The minimum Gasteiger partial charge on any atom is -0.311 e. The van der Waals surface area contributed by atoms with Gasteiger partial charge < -0.3 is 9.80 Å². The standard InChI is InChI=1S/C84H57BN2/c1-6-28-58(29-7-1)63-50-52-80-76(54-63)85-77-55-64(59-30-8-2-9-31-59)51-53-81(77)87(79-49-27-25-47-75(79)73-45-23-21-43-71(73)69-41-19-17-39-67(69)62-36-14-5-15-37-62)83-57-65(60-32-10-3-11-33-60)56-82(84(83)85)86(80)78-48-26-24-46-74(78)72-44-22-20-42-70(72)68-40-18-16-38-66(68)61-34-12-4-13-35-61/h1-57H. The molecule has 2 aliphatic rings. The van der Waals surface area contributed by atoms with Gasteiger partial charge in [0, 0.05) is 33.9 Å².